The maximum Gasteiger partial charge on any atom is 0.0544 e. The number of fused-ring (bicyclic) bond motifs is 3. The van der Waals surface area contributed by atoms with Crippen LogP contribution >= 0.6 is 0 Å². The van der Waals surface area contributed by atoms with Crippen LogP contribution in [0.3, 0.4) is 0 Å². The molecule has 33 heavy (non-hydrogen) atoms. The molecule has 4 bridgehead atoms. The molecule has 8 rings (SSSR count). The maximum atomic E-state index is 2.49. The van der Waals surface area contributed by atoms with Crippen molar-refractivity contribution in [2.24, 2.45) is 17.8 Å². The lowest BCUT2D eigenvalue weighted by atomic mass is 9.48. The molecule has 4 aliphatic rings. The van der Waals surface area contributed by atoms with E-state index in [0.29, 0.717) is 5.41 Å². The van der Waals surface area contributed by atoms with Crippen molar-refractivity contribution in [1.82, 2.24) is 4.57 Å². The summed E-state index contributed by atoms with van der Waals surface area (Å²) in [6, 6.07) is 25.6. The van der Waals surface area contributed by atoms with E-state index in [4.69, 9.17) is 0 Å². The van der Waals surface area contributed by atoms with Crippen LogP contribution in [0.2, 0.25) is 0 Å². The smallest absolute Gasteiger partial charge is 0.0544 e. The summed E-state index contributed by atoms with van der Waals surface area (Å²) < 4.78 is 2.49. The Morgan fingerprint density at radius 2 is 1.30 bits per heavy atom. The first kappa shape index (κ1) is 19.9. The molecule has 0 aliphatic heterocycles. The van der Waals surface area contributed by atoms with E-state index in [0.717, 1.165) is 17.8 Å². The van der Waals surface area contributed by atoms with Gasteiger partial charge in [0.25, 0.3) is 0 Å². The first-order valence-corrected chi connectivity index (χ1v) is 13.0. The van der Waals surface area contributed by atoms with Gasteiger partial charge in [-0.1, -0.05) is 63.2 Å². The van der Waals surface area contributed by atoms with E-state index in [1.807, 2.05) is 0 Å². The first-order chi connectivity index (χ1) is 15.9. The van der Waals surface area contributed by atoms with Gasteiger partial charge < -0.3 is 4.57 Å². The molecule has 1 heterocycles. The van der Waals surface area contributed by atoms with Crippen LogP contribution < -0.4 is 0 Å². The monoisotopic (exact) mass is 433 g/mol. The van der Waals surface area contributed by atoms with E-state index in [2.05, 4.69) is 92.1 Å². The predicted octanol–water partition coefficient (Wildman–Crippen LogP) is 8.55. The predicted molar refractivity (Wildman–Crippen MR) is 139 cm³/mol. The molecule has 1 nitrogen and oxygen atoms in total. The highest BCUT2D eigenvalue weighted by atomic mass is 15.0. The third kappa shape index (κ3) is 2.90. The summed E-state index contributed by atoms with van der Waals surface area (Å²) in [6.07, 6.45) is 8.83. The standard InChI is InChI=1S/C32H35N/c1-31(2,3)27-8-6-10-29-30(27)26-7-4-5-9-28(26)33(29)25-13-11-24(12-14-25)32-18-21-15-22(19-32)17-23(16-21)20-32/h4-14,21-23H,15-20H2,1-3H3. The molecular formula is C32H35N. The lowest BCUT2D eigenvalue weighted by Crippen LogP contribution is -2.48. The molecule has 4 fully saturated rings. The van der Waals surface area contributed by atoms with E-state index >= 15 is 0 Å². The average molecular weight is 434 g/mol. The van der Waals surface area contributed by atoms with Crippen LogP contribution in [0.5, 0.6) is 0 Å². The summed E-state index contributed by atoms with van der Waals surface area (Å²) in [4.78, 5) is 0. The summed E-state index contributed by atoms with van der Waals surface area (Å²) in [6.45, 7) is 6.98. The van der Waals surface area contributed by atoms with Crippen LogP contribution in [0, 0.1) is 17.8 Å². The normalized spacial score (nSPS) is 28.8. The Bertz CT molecular complexity index is 1330. The lowest BCUT2D eigenvalue weighted by Gasteiger charge is -2.57. The quantitative estimate of drug-likeness (QED) is 0.298. The molecule has 0 atom stereocenters. The van der Waals surface area contributed by atoms with Crippen LogP contribution in [-0.4, -0.2) is 4.57 Å². The molecule has 0 spiro atoms. The van der Waals surface area contributed by atoms with Crippen molar-refractivity contribution in [3.05, 3.63) is 77.9 Å². The van der Waals surface area contributed by atoms with E-state index in [1.54, 1.807) is 5.56 Å². The number of aromatic nitrogens is 1. The third-order valence-corrected chi connectivity index (χ3v) is 9.28. The minimum Gasteiger partial charge on any atom is -0.309 e. The Morgan fingerprint density at radius 3 is 1.94 bits per heavy atom. The SMILES string of the molecule is CC(C)(C)c1cccc2c1c1ccccc1n2-c1ccc(C23CC4CC(CC(C4)C2)C3)cc1. The van der Waals surface area contributed by atoms with Crippen LogP contribution in [0.1, 0.15) is 70.4 Å². The van der Waals surface area contributed by atoms with Gasteiger partial charge in [0.15, 0.2) is 0 Å². The first-order valence-electron chi connectivity index (χ1n) is 13.0. The zero-order chi connectivity index (χ0) is 22.4. The van der Waals surface area contributed by atoms with Crippen molar-refractivity contribution in [2.45, 2.75) is 70.1 Å². The van der Waals surface area contributed by atoms with Crippen molar-refractivity contribution in [3.8, 4) is 5.69 Å². The van der Waals surface area contributed by atoms with Gasteiger partial charge >= 0.3 is 0 Å². The summed E-state index contributed by atoms with van der Waals surface area (Å²) in [7, 11) is 0. The number of rotatable bonds is 2. The maximum absolute atomic E-state index is 2.49. The van der Waals surface area contributed by atoms with Gasteiger partial charge in [-0.25, -0.2) is 0 Å². The minimum absolute atomic E-state index is 0.108. The second-order valence-electron chi connectivity index (χ2n) is 12.5. The van der Waals surface area contributed by atoms with Crippen LogP contribution in [0.15, 0.2) is 66.7 Å². The Labute approximate surface area is 197 Å². The molecule has 0 saturated heterocycles. The molecule has 0 N–H and O–H groups in total. The Kier molecular flexibility index (Phi) is 4.07. The fourth-order valence-electron chi connectivity index (χ4n) is 8.35. The molecule has 4 aliphatic carbocycles. The molecular weight excluding hydrogens is 398 g/mol. The average Bonchev–Trinajstić information content (AvgIpc) is 3.12. The molecule has 4 saturated carbocycles. The number of hydrogen-bond acceptors (Lipinski definition) is 0. The third-order valence-electron chi connectivity index (χ3n) is 9.28. The molecule has 0 amide bonds. The molecule has 1 heteroatoms. The second kappa shape index (κ2) is 6.75. The number of benzene rings is 3. The van der Waals surface area contributed by atoms with Crippen LogP contribution in [0.4, 0.5) is 0 Å². The van der Waals surface area contributed by atoms with Crippen molar-refractivity contribution in [2.75, 3.05) is 0 Å². The largest absolute Gasteiger partial charge is 0.309 e. The summed E-state index contributed by atoms with van der Waals surface area (Å²) >= 11 is 0. The number of nitrogens with zero attached hydrogens (tertiary/aromatic N) is 1. The lowest BCUT2D eigenvalue weighted by molar-refractivity contribution is -0.00518. The molecule has 168 valence electrons. The highest BCUT2D eigenvalue weighted by Gasteiger charge is 2.51. The van der Waals surface area contributed by atoms with Gasteiger partial charge in [-0.3, -0.25) is 0 Å². The Morgan fingerprint density at radius 1 is 0.697 bits per heavy atom. The molecule has 3 aromatic carbocycles. The molecule has 1 aromatic heterocycles. The van der Waals surface area contributed by atoms with Crippen LogP contribution in [0.25, 0.3) is 27.5 Å². The van der Waals surface area contributed by atoms with Gasteiger partial charge in [0, 0.05) is 16.5 Å². The molecule has 0 unspecified atom stereocenters. The number of hydrogen-bond donors (Lipinski definition) is 0. The fourth-order valence-corrected chi connectivity index (χ4v) is 8.35. The Balaban J connectivity index is 1.38. The number of para-hydroxylation sites is 1. The van der Waals surface area contributed by atoms with E-state index in [1.165, 1.54) is 71.6 Å². The highest BCUT2D eigenvalue weighted by molar-refractivity contribution is 6.11. The molecule has 4 aromatic rings. The van der Waals surface area contributed by atoms with E-state index in [9.17, 15) is 0 Å². The summed E-state index contributed by atoms with van der Waals surface area (Å²) in [5, 5.41) is 2.77. The van der Waals surface area contributed by atoms with E-state index < -0.39 is 0 Å². The van der Waals surface area contributed by atoms with Gasteiger partial charge in [-0.2, -0.15) is 0 Å². The van der Waals surface area contributed by atoms with Gasteiger partial charge in [-0.05, 0) is 103 Å². The van der Waals surface area contributed by atoms with Gasteiger partial charge in [0.05, 0.1) is 11.0 Å². The summed E-state index contributed by atoms with van der Waals surface area (Å²) in [5.41, 5.74) is 7.55. The Hall–Kier alpha value is -2.54. The topological polar surface area (TPSA) is 4.93 Å². The van der Waals surface area contributed by atoms with Gasteiger partial charge in [0.2, 0.25) is 0 Å². The van der Waals surface area contributed by atoms with Crippen molar-refractivity contribution < 1.29 is 0 Å². The minimum atomic E-state index is 0.108. The van der Waals surface area contributed by atoms with Gasteiger partial charge in [-0.15, -0.1) is 0 Å². The van der Waals surface area contributed by atoms with Gasteiger partial charge in [0.1, 0.15) is 0 Å². The summed E-state index contributed by atoms with van der Waals surface area (Å²) in [5.74, 6) is 2.97. The van der Waals surface area contributed by atoms with E-state index in [-0.39, 0.29) is 5.41 Å². The van der Waals surface area contributed by atoms with Crippen LogP contribution in [-0.2, 0) is 10.8 Å². The second-order valence-corrected chi connectivity index (χ2v) is 12.5. The zero-order valence-electron chi connectivity index (χ0n) is 20.3. The molecule has 0 radical (unpaired) electrons. The van der Waals surface area contributed by atoms with Crippen molar-refractivity contribution in [3.63, 3.8) is 0 Å². The van der Waals surface area contributed by atoms with Crippen molar-refractivity contribution in [1.29, 1.82) is 0 Å². The zero-order valence-corrected chi connectivity index (χ0v) is 20.3. The fraction of sp³-hybridized carbons (Fsp3) is 0.438. The van der Waals surface area contributed by atoms with Crippen molar-refractivity contribution >= 4 is 21.8 Å². The highest BCUT2D eigenvalue weighted by Crippen LogP contribution is 2.60.